The monoisotopic (exact) mass is 393 g/mol. The second kappa shape index (κ2) is 7.64. The Morgan fingerprint density at radius 1 is 1.38 bits per heavy atom. The molecule has 2 N–H and O–H groups in total. The van der Waals surface area contributed by atoms with E-state index in [0.29, 0.717) is 23.6 Å². The van der Waals surface area contributed by atoms with E-state index < -0.39 is 5.92 Å². The van der Waals surface area contributed by atoms with Gasteiger partial charge in [0.1, 0.15) is 23.1 Å². The van der Waals surface area contributed by atoms with Crippen molar-refractivity contribution in [3.05, 3.63) is 69.0 Å². The van der Waals surface area contributed by atoms with Gasteiger partial charge in [-0.05, 0) is 37.5 Å². The average molecular weight is 393 g/mol. The number of fused-ring (bicyclic) bond motifs is 1. The summed E-state index contributed by atoms with van der Waals surface area (Å²) in [5.74, 6) is 0.421. The number of benzene rings is 1. The van der Waals surface area contributed by atoms with Crippen LogP contribution in [-0.2, 0) is 11.3 Å². The zero-order valence-electron chi connectivity index (χ0n) is 16.5. The first-order valence-electron chi connectivity index (χ1n) is 9.61. The molecular formula is C22H23N3O4. The Kier molecular flexibility index (Phi) is 5.03. The maximum atomic E-state index is 13.6. The number of allylic oxidation sites excluding steroid dienone is 1. The van der Waals surface area contributed by atoms with Gasteiger partial charge in [-0.3, -0.25) is 4.79 Å². The molecule has 0 unspecified atom stereocenters. The van der Waals surface area contributed by atoms with Gasteiger partial charge in [0.05, 0.1) is 31.2 Å². The fourth-order valence-corrected chi connectivity index (χ4v) is 4.06. The van der Waals surface area contributed by atoms with E-state index in [-0.39, 0.29) is 23.1 Å². The zero-order valence-corrected chi connectivity index (χ0v) is 16.5. The van der Waals surface area contributed by atoms with Crippen molar-refractivity contribution >= 4 is 0 Å². The molecule has 150 valence electrons. The van der Waals surface area contributed by atoms with Crippen molar-refractivity contribution in [3.8, 4) is 17.6 Å². The molecule has 0 radical (unpaired) electrons. The highest BCUT2D eigenvalue weighted by Gasteiger charge is 2.35. The van der Waals surface area contributed by atoms with Crippen LogP contribution in [0, 0.1) is 18.3 Å². The summed E-state index contributed by atoms with van der Waals surface area (Å²) in [6, 6.07) is 11.2. The van der Waals surface area contributed by atoms with Crippen LogP contribution in [0.3, 0.4) is 0 Å². The summed E-state index contributed by atoms with van der Waals surface area (Å²) in [6.45, 7) is 3.06. The molecule has 2 aliphatic rings. The highest BCUT2D eigenvalue weighted by atomic mass is 16.5. The van der Waals surface area contributed by atoms with Crippen LogP contribution in [-0.4, -0.2) is 24.4 Å². The van der Waals surface area contributed by atoms with E-state index in [1.54, 1.807) is 17.7 Å². The summed E-state index contributed by atoms with van der Waals surface area (Å²) in [5.41, 5.74) is 8.00. The van der Waals surface area contributed by atoms with Crippen LogP contribution in [0.1, 0.15) is 35.6 Å². The summed E-state index contributed by atoms with van der Waals surface area (Å²) in [6.07, 6.45) is 1.94. The number of aromatic nitrogens is 1. The third kappa shape index (κ3) is 3.36. The molecule has 2 aliphatic heterocycles. The molecule has 0 spiro atoms. The first-order valence-corrected chi connectivity index (χ1v) is 9.61. The van der Waals surface area contributed by atoms with Crippen molar-refractivity contribution in [2.24, 2.45) is 5.73 Å². The molecule has 7 nitrogen and oxygen atoms in total. The number of aryl methyl sites for hydroxylation is 1. The molecule has 2 atom stereocenters. The van der Waals surface area contributed by atoms with Gasteiger partial charge in [-0.1, -0.05) is 12.1 Å². The number of methoxy groups -OCH3 is 1. The van der Waals surface area contributed by atoms with Crippen LogP contribution in [0.4, 0.5) is 0 Å². The SMILES string of the molecule is COc1cccc([C@H]2C(C#N)=C(N)Oc3cc(C)n(C[C@H]4CCCO4)c(=O)c32)c1. The molecule has 1 saturated heterocycles. The quantitative estimate of drug-likeness (QED) is 0.857. The van der Waals surface area contributed by atoms with E-state index in [9.17, 15) is 10.1 Å². The Morgan fingerprint density at radius 3 is 2.90 bits per heavy atom. The van der Waals surface area contributed by atoms with Crippen molar-refractivity contribution in [2.45, 2.75) is 38.3 Å². The maximum Gasteiger partial charge on any atom is 0.258 e. The minimum atomic E-state index is -0.623. The topological polar surface area (TPSA) is 99.5 Å². The van der Waals surface area contributed by atoms with Crippen LogP contribution in [0.2, 0.25) is 0 Å². The molecular weight excluding hydrogens is 370 g/mol. The highest BCUT2D eigenvalue weighted by Crippen LogP contribution is 2.41. The van der Waals surface area contributed by atoms with Gasteiger partial charge in [0.25, 0.3) is 5.56 Å². The van der Waals surface area contributed by atoms with E-state index in [1.807, 2.05) is 31.2 Å². The number of rotatable bonds is 4. The molecule has 0 saturated carbocycles. The minimum absolute atomic E-state index is 0.0141. The second-order valence-electron chi connectivity index (χ2n) is 7.32. The van der Waals surface area contributed by atoms with Gasteiger partial charge in [0.15, 0.2) is 0 Å². The number of hydrogen-bond donors (Lipinski definition) is 1. The lowest BCUT2D eigenvalue weighted by molar-refractivity contribution is 0.0955. The van der Waals surface area contributed by atoms with E-state index in [1.165, 1.54) is 0 Å². The summed E-state index contributed by atoms with van der Waals surface area (Å²) >= 11 is 0. The normalized spacial score (nSPS) is 20.7. The lowest BCUT2D eigenvalue weighted by atomic mass is 9.84. The van der Waals surface area contributed by atoms with Gasteiger partial charge in [-0.2, -0.15) is 5.26 Å². The molecule has 2 aromatic rings. The van der Waals surface area contributed by atoms with Crippen LogP contribution < -0.4 is 20.8 Å². The highest BCUT2D eigenvalue weighted by molar-refractivity contribution is 5.56. The molecule has 3 heterocycles. The fraction of sp³-hybridized carbons (Fsp3) is 0.364. The predicted molar refractivity (Wildman–Crippen MR) is 107 cm³/mol. The summed E-state index contributed by atoms with van der Waals surface area (Å²) in [5, 5.41) is 9.76. The Bertz CT molecular complexity index is 1070. The Balaban J connectivity index is 1.89. The standard InChI is InChI=1S/C22H23N3O4/c1-13-9-18-20(22(26)25(13)12-16-7-4-8-28-16)19(17(11-23)21(24)29-18)14-5-3-6-15(10-14)27-2/h3,5-6,9-10,16,19H,4,7-8,12,24H2,1-2H3/t16-,19+/m1/s1. The van der Waals surface area contributed by atoms with Gasteiger partial charge in [0, 0.05) is 18.4 Å². The van der Waals surface area contributed by atoms with Gasteiger partial charge in [0.2, 0.25) is 5.88 Å². The number of nitrogens with two attached hydrogens (primary N) is 1. The van der Waals surface area contributed by atoms with E-state index in [4.69, 9.17) is 19.9 Å². The lowest BCUT2D eigenvalue weighted by Gasteiger charge is -2.28. The minimum Gasteiger partial charge on any atom is -0.497 e. The van der Waals surface area contributed by atoms with Gasteiger partial charge in [-0.15, -0.1) is 0 Å². The van der Waals surface area contributed by atoms with Gasteiger partial charge >= 0.3 is 0 Å². The largest absolute Gasteiger partial charge is 0.497 e. The van der Waals surface area contributed by atoms with E-state index in [0.717, 1.165) is 30.7 Å². The molecule has 0 aliphatic carbocycles. The molecule has 1 aromatic heterocycles. The van der Waals surface area contributed by atoms with Crippen LogP contribution in [0.5, 0.6) is 11.5 Å². The first-order chi connectivity index (χ1) is 14.0. The fourth-order valence-electron chi connectivity index (χ4n) is 4.06. The third-order valence-electron chi connectivity index (χ3n) is 5.53. The summed E-state index contributed by atoms with van der Waals surface area (Å²) in [7, 11) is 1.57. The average Bonchev–Trinajstić information content (AvgIpc) is 3.23. The van der Waals surface area contributed by atoms with Crippen LogP contribution in [0.25, 0.3) is 0 Å². The van der Waals surface area contributed by atoms with Gasteiger partial charge in [-0.25, -0.2) is 0 Å². The smallest absolute Gasteiger partial charge is 0.258 e. The Labute approximate surface area is 168 Å². The molecule has 7 heteroatoms. The van der Waals surface area contributed by atoms with Crippen molar-refractivity contribution in [1.29, 1.82) is 5.26 Å². The maximum absolute atomic E-state index is 13.6. The van der Waals surface area contributed by atoms with Gasteiger partial charge < -0.3 is 24.5 Å². The third-order valence-corrected chi connectivity index (χ3v) is 5.53. The first kappa shape index (κ1) is 19.1. The number of hydrogen-bond acceptors (Lipinski definition) is 6. The van der Waals surface area contributed by atoms with Crippen molar-refractivity contribution < 1.29 is 14.2 Å². The predicted octanol–water partition coefficient (Wildman–Crippen LogP) is 2.56. The number of pyridine rings is 1. The van der Waals surface area contributed by atoms with Crippen molar-refractivity contribution in [2.75, 3.05) is 13.7 Å². The van der Waals surface area contributed by atoms with Crippen molar-refractivity contribution in [3.63, 3.8) is 0 Å². The van der Waals surface area contributed by atoms with Crippen LogP contribution >= 0.6 is 0 Å². The van der Waals surface area contributed by atoms with Crippen LogP contribution in [0.15, 0.2) is 46.6 Å². The van der Waals surface area contributed by atoms with E-state index in [2.05, 4.69) is 6.07 Å². The summed E-state index contributed by atoms with van der Waals surface area (Å²) in [4.78, 5) is 13.6. The lowest BCUT2D eigenvalue weighted by Crippen LogP contribution is -2.35. The molecule has 1 fully saturated rings. The second-order valence-corrected chi connectivity index (χ2v) is 7.32. The molecule has 0 bridgehead atoms. The Hall–Kier alpha value is -3.24. The van der Waals surface area contributed by atoms with E-state index >= 15 is 0 Å². The Morgan fingerprint density at radius 2 is 2.21 bits per heavy atom. The molecule has 29 heavy (non-hydrogen) atoms. The molecule has 1 aromatic carbocycles. The zero-order chi connectivity index (χ0) is 20.5. The summed E-state index contributed by atoms with van der Waals surface area (Å²) < 4.78 is 18.5. The number of nitrogens with zero attached hydrogens (tertiary/aromatic N) is 2. The molecule has 4 rings (SSSR count). The number of nitriles is 1. The molecule has 0 amide bonds. The number of ether oxygens (including phenoxy) is 3. The van der Waals surface area contributed by atoms with Crippen molar-refractivity contribution in [1.82, 2.24) is 4.57 Å².